The van der Waals surface area contributed by atoms with Gasteiger partial charge in [-0.15, -0.1) is 0 Å². The number of rotatable bonds is 3. The summed E-state index contributed by atoms with van der Waals surface area (Å²) in [6, 6.07) is 8.67. The van der Waals surface area contributed by atoms with Gasteiger partial charge in [-0.25, -0.2) is 8.78 Å². The van der Waals surface area contributed by atoms with E-state index in [0.717, 1.165) is 11.3 Å². The van der Waals surface area contributed by atoms with Crippen molar-refractivity contribution in [2.75, 3.05) is 0 Å². The first kappa shape index (κ1) is 14.5. The van der Waals surface area contributed by atoms with E-state index >= 15 is 0 Å². The monoisotopic (exact) mass is 290 g/mol. The third-order valence-corrected chi connectivity index (χ3v) is 4.95. The smallest absolute Gasteiger partial charge is 0.166 e. The van der Waals surface area contributed by atoms with Gasteiger partial charge >= 0.3 is 0 Å². The maximum absolute atomic E-state index is 13.7. The van der Waals surface area contributed by atoms with Gasteiger partial charge in [-0.3, -0.25) is 0 Å². The van der Waals surface area contributed by atoms with E-state index in [1.54, 1.807) is 12.1 Å². The molecule has 1 aliphatic carbocycles. The Hall–Kier alpha value is -1.44. The normalized spacial score (nSPS) is 22.6. The molecule has 0 spiro atoms. The van der Waals surface area contributed by atoms with Gasteiger partial charge in [0.05, 0.1) is 0 Å². The van der Waals surface area contributed by atoms with Crippen molar-refractivity contribution in [3.8, 4) is 0 Å². The fourth-order valence-electron chi connectivity index (χ4n) is 3.73. The fourth-order valence-corrected chi connectivity index (χ4v) is 3.73. The summed E-state index contributed by atoms with van der Waals surface area (Å²) >= 11 is 0. The van der Waals surface area contributed by atoms with Crippen LogP contribution in [0.2, 0.25) is 0 Å². The van der Waals surface area contributed by atoms with Crippen LogP contribution in [-0.4, -0.2) is 0 Å². The second-order valence-electron chi connectivity index (χ2n) is 6.35. The highest BCUT2D eigenvalue weighted by molar-refractivity contribution is 5.84. The van der Waals surface area contributed by atoms with Gasteiger partial charge in [0.2, 0.25) is 0 Å². The van der Waals surface area contributed by atoms with Crippen LogP contribution in [0.3, 0.4) is 0 Å². The molecule has 3 rings (SSSR count). The van der Waals surface area contributed by atoms with Crippen LogP contribution in [0.5, 0.6) is 0 Å². The Labute approximate surface area is 126 Å². The minimum absolute atomic E-state index is 0. The van der Waals surface area contributed by atoms with Crippen molar-refractivity contribution in [3.05, 3.63) is 47.5 Å². The number of hydrogen-bond acceptors (Lipinski definition) is 0. The molecule has 0 atom stereocenters. The number of hydrogen-bond donors (Lipinski definition) is 0. The molecule has 2 heteroatoms. The molecule has 0 radical (unpaired) electrons. The molecule has 21 heavy (non-hydrogen) atoms. The summed E-state index contributed by atoms with van der Waals surface area (Å²) in [5.74, 6) is -0.0325. The minimum atomic E-state index is -0.768. The molecule has 0 saturated heterocycles. The summed E-state index contributed by atoms with van der Waals surface area (Å²) in [4.78, 5) is 0. The lowest BCUT2D eigenvalue weighted by atomic mass is 9.77. The summed E-state index contributed by atoms with van der Waals surface area (Å²) < 4.78 is 27.0. The molecule has 0 amide bonds. The molecule has 0 N–H and O–H groups in total. The summed E-state index contributed by atoms with van der Waals surface area (Å²) in [6.45, 7) is 2.25. The van der Waals surface area contributed by atoms with Crippen LogP contribution >= 0.6 is 0 Å². The maximum atomic E-state index is 13.7. The van der Waals surface area contributed by atoms with Crippen LogP contribution in [0.4, 0.5) is 8.78 Å². The van der Waals surface area contributed by atoms with Crippen LogP contribution in [0, 0.1) is 17.6 Å². The molecule has 1 saturated carbocycles. The Kier molecular flexibility index (Phi) is 4.23. The largest absolute Gasteiger partial charge is 0.204 e. The van der Waals surface area contributed by atoms with Crippen LogP contribution < -0.4 is 0 Å². The van der Waals surface area contributed by atoms with Gasteiger partial charge in [-0.05, 0) is 54.5 Å². The quantitative estimate of drug-likeness (QED) is 0.610. The lowest BCUT2D eigenvalue weighted by Gasteiger charge is -2.28. The molecule has 0 unspecified atom stereocenters. The molecule has 2 aromatic carbocycles. The zero-order chi connectivity index (χ0) is 14.8. The second kappa shape index (κ2) is 6.13. The SMILES string of the molecule is CCCC1CCC(c2ccc3c(F)c(F)ccc3c2)CC1.[HH]. The van der Waals surface area contributed by atoms with Gasteiger partial charge in [0.15, 0.2) is 11.6 Å². The lowest BCUT2D eigenvalue weighted by molar-refractivity contribution is 0.308. The highest BCUT2D eigenvalue weighted by Gasteiger charge is 2.22. The minimum Gasteiger partial charge on any atom is -0.204 e. The third-order valence-electron chi connectivity index (χ3n) is 4.95. The fraction of sp³-hybridized carbons (Fsp3) is 0.474. The molecule has 1 aliphatic rings. The standard InChI is InChI=1S/C19H22F2.H2/c1-2-3-13-4-6-14(7-5-13)15-8-10-17-16(12-15)9-11-18(20)19(17)21;/h8-14H,2-7H2,1H3;1H. The highest BCUT2D eigenvalue weighted by atomic mass is 19.2. The van der Waals surface area contributed by atoms with Crippen LogP contribution in [0.25, 0.3) is 10.8 Å². The molecule has 0 aliphatic heterocycles. The molecule has 0 aromatic heterocycles. The van der Waals surface area contributed by atoms with Crippen LogP contribution in [0.1, 0.15) is 58.4 Å². The van der Waals surface area contributed by atoms with Crippen LogP contribution in [-0.2, 0) is 0 Å². The van der Waals surface area contributed by atoms with Crippen molar-refractivity contribution >= 4 is 10.8 Å². The Morgan fingerprint density at radius 1 is 1.05 bits per heavy atom. The zero-order valence-corrected chi connectivity index (χ0v) is 12.5. The number of benzene rings is 2. The highest BCUT2D eigenvalue weighted by Crippen LogP contribution is 2.38. The van der Waals surface area contributed by atoms with Crippen molar-refractivity contribution in [1.29, 1.82) is 0 Å². The van der Waals surface area contributed by atoms with E-state index in [9.17, 15) is 8.78 Å². The predicted molar refractivity (Wildman–Crippen MR) is 85.6 cm³/mol. The summed E-state index contributed by atoms with van der Waals surface area (Å²) in [5, 5.41) is 1.19. The first-order valence-corrected chi connectivity index (χ1v) is 8.06. The molecule has 0 nitrogen and oxygen atoms in total. The van der Waals surface area contributed by atoms with E-state index < -0.39 is 11.6 Å². The van der Waals surface area contributed by atoms with E-state index in [2.05, 4.69) is 6.92 Å². The Balaban J connectivity index is 0.00000176. The topological polar surface area (TPSA) is 0 Å². The average molecular weight is 290 g/mol. The van der Waals surface area contributed by atoms with Crippen molar-refractivity contribution in [3.63, 3.8) is 0 Å². The second-order valence-corrected chi connectivity index (χ2v) is 6.35. The van der Waals surface area contributed by atoms with Crippen molar-refractivity contribution in [2.45, 2.75) is 51.4 Å². The van der Waals surface area contributed by atoms with Gasteiger partial charge in [0.25, 0.3) is 0 Å². The summed E-state index contributed by atoms with van der Waals surface area (Å²) in [6.07, 6.45) is 7.66. The summed E-state index contributed by atoms with van der Waals surface area (Å²) in [5.41, 5.74) is 1.28. The Bertz CT molecular complexity index is 631. The van der Waals surface area contributed by atoms with Crippen LogP contribution in [0.15, 0.2) is 30.3 Å². The zero-order valence-electron chi connectivity index (χ0n) is 12.5. The van der Waals surface area contributed by atoms with E-state index in [4.69, 9.17) is 0 Å². The molecule has 0 bridgehead atoms. The molecule has 2 aromatic rings. The maximum Gasteiger partial charge on any atom is 0.166 e. The van der Waals surface area contributed by atoms with Crippen molar-refractivity contribution < 1.29 is 10.2 Å². The van der Waals surface area contributed by atoms with E-state index in [1.165, 1.54) is 50.2 Å². The van der Waals surface area contributed by atoms with Gasteiger partial charge in [0, 0.05) is 6.81 Å². The average Bonchev–Trinajstić information content (AvgIpc) is 2.52. The van der Waals surface area contributed by atoms with Gasteiger partial charge in [-0.2, -0.15) is 0 Å². The van der Waals surface area contributed by atoms with E-state index in [1.807, 2.05) is 12.1 Å². The molecule has 114 valence electrons. The number of fused-ring (bicyclic) bond motifs is 1. The van der Waals surface area contributed by atoms with Gasteiger partial charge in [0.1, 0.15) is 0 Å². The Morgan fingerprint density at radius 3 is 2.52 bits per heavy atom. The van der Waals surface area contributed by atoms with Crippen molar-refractivity contribution in [2.24, 2.45) is 5.92 Å². The van der Waals surface area contributed by atoms with Gasteiger partial charge in [-0.1, -0.05) is 44.0 Å². The number of halogens is 2. The summed E-state index contributed by atoms with van der Waals surface area (Å²) in [7, 11) is 0. The molecule has 1 fully saturated rings. The van der Waals surface area contributed by atoms with E-state index in [0.29, 0.717) is 11.3 Å². The molecular formula is C19H24F2. The lowest BCUT2D eigenvalue weighted by Crippen LogP contribution is -2.13. The predicted octanol–water partition coefficient (Wildman–Crippen LogP) is 6.44. The van der Waals surface area contributed by atoms with E-state index in [-0.39, 0.29) is 1.43 Å². The Morgan fingerprint density at radius 2 is 1.81 bits per heavy atom. The first-order chi connectivity index (χ1) is 10.2. The van der Waals surface area contributed by atoms with Gasteiger partial charge < -0.3 is 0 Å². The van der Waals surface area contributed by atoms with Crippen molar-refractivity contribution in [1.82, 2.24) is 0 Å². The molecule has 0 heterocycles. The third kappa shape index (κ3) is 2.95. The first-order valence-electron chi connectivity index (χ1n) is 8.06. The molecular weight excluding hydrogens is 266 g/mol.